The molecule has 0 bridgehead atoms. The van der Waals surface area contributed by atoms with Gasteiger partial charge in [-0.1, -0.05) is 37.5 Å². The average Bonchev–Trinajstić information content (AvgIpc) is 2.55. The normalized spacial score (nSPS) is 26.3. The summed E-state index contributed by atoms with van der Waals surface area (Å²) in [6, 6.07) is 10.7. The van der Waals surface area contributed by atoms with Gasteiger partial charge < -0.3 is 5.73 Å². The van der Waals surface area contributed by atoms with E-state index in [9.17, 15) is 0 Å². The number of hydrogen-bond donors (Lipinski definition) is 1. The van der Waals surface area contributed by atoms with Crippen molar-refractivity contribution in [3.63, 3.8) is 0 Å². The number of benzene rings is 1. The molecule has 2 atom stereocenters. The fourth-order valence-electron chi connectivity index (χ4n) is 2.45. The lowest BCUT2D eigenvalue weighted by Gasteiger charge is -2.23. The fourth-order valence-corrected chi connectivity index (χ4v) is 3.84. The zero-order valence-electron chi connectivity index (χ0n) is 9.77. The lowest BCUT2D eigenvalue weighted by molar-refractivity contribution is 0.483. The van der Waals surface area contributed by atoms with Gasteiger partial charge in [0.2, 0.25) is 0 Å². The van der Waals surface area contributed by atoms with E-state index in [1.165, 1.54) is 37.0 Å². The van der Waals surface area contributed by atoms with Crippen LogP contribution < -0.4 is 5.73 Å². The predicted octanol–water partition coefficient (Wildman–Crippen LogP) is 3.69. The minimum atomic E-state index is 0.715. The van der Waals surface area contributed by atoms with Gasteiger partial charge in [0.15, 0.2) is 0 Å². The van der Waals surface area contributed by atoms with Gasteiger partial charge in [-0.25, -0.2) is 0 Å². The summed E-state index contributed by atoms with van der Waals surface area (Å²) in [4.78, 5) is 1.40. The summed E-state index contributed by atoms with van der Waals surface area (Å²) >= 11 is 2.03. The lowest BCUT2D eigenvalue weighted by atomic mass is 10.0. The highest BCUT2D eigenvalue weighted by atomic mass is 32.2. The van der Waals surface area contributed by atoms with E-state index in [0.29, 0.717) is 5.92 Å². The highest BCUT2D eigenvalue weighted by molar-refractivity contribution is 8.00. The average molecular weight is 235 g/mol. The van der Waals surface area contributed by atoms with Crippen LogP contribution in [0.2, 0.25) is 0 Å². The Morgan fingerprint density at radius 1 is 1.06 bits per heavy atom. The molecule has 0 amide bonds. The molecule has 1 saturated carbocycles. The Morgan fingerprint density at radius 2 is 1.81 bits per heavy atom. The maximum atomic E-state index is 5.90. The molecule has 0 heterocycles. The molecule has 88 valence electrons. The van der Waals surface area contributed by atoms with E-state index in [4.69, 9.17) is 5.73 Å². The molecular weight excluding hydrogens is 214 g/mol. The van der Waals surface area contributed by atoms with Crippen LogP contribution in [0.5, 0.6) is 0 Å². The van der Waals surface area contributed by atoms with Gasteiger partial charge in [0.25, 0.3) is 0 Å². The van der Waals surface area contributed by atoms with Crippen molar-refractivity contribution in [2.24, 2.45) is 11.7 Å². The van der Waals surface area contributed by atoms with Crippen molar-refractivity contribution in [1.82, 2.24) is 0 Å². The van der Waals surface area contributed by atoms with Crippen LogP contribution in [0.1, 0.15) is 32.1 Å². The van der Waals surface area contributed by atoms with Crippen molar-refractivity contribution in [3.8, 4) is 0 Å². The summed E-state index contributed by atoms with van der Waals surface area (Å²) in [5, 5.41) is 0.731. The maximum Gasteiger partial charge on any atom is 0.0135 e. The van der Waals surface area contributed by atoms with Crippen LogP contribution in [0.3, 0.4) is 0 Å². The van der Waals surface area contributed by atoms with Crippen molar-refractivity contribution >= 4 is 11.8 Å². The molecule has 0 aliphatic heterocycles. The zero-order chi connectivity index (χ0) is 11.2. The van der Waals surface area contributed by atoms with Crippen LogP contribution in [-0.2, 0) is 0 Å². The summed E-state index contributed by atoms with van der Waals surface area (Å²) in [7, 11) is 0. The Labute approximate surface area is 103 Å². The molecule has 0 aromatic heterocycles. The molecule has 1 aromatic rings. The van der Waals surface area contributed by atoms with Gasteiger partial charge >= 0.3 is 0 Å². The van der Waals surface area contributed by atoms with E-state index in [1.807, 2.05) is 11.8 Å². The zero-order valence-corrected chi connectivity index (χ0v) is 10.6. The molecule has 2 unspecified atom stereocenters. The summed E-state index contributed by atoms with van der Waals surface area (Å²) in [6.45, 7) is 0.852. The smallest absolute Gasteiger partial charge is 0.0135 e. The topological polar surface area (TPSA) is 26.0 Å². The van der Waals surface area contributed by atoms with Crippen LogP contribution in [0.25, 0.3) is 0 Å². The van der Waals surface area contributed by atoms with Crippen molar-refractivity contribution < 1.29 is 0 Å². The third-order valence-corrected chi connectivity index (χ3v) is 4.89. The molecule has 1 aliphatic carbocycles. The second kappa shape index (κ2) is 6.31. The molecular formula is C14H21NS. The van der Waals surface area contributed by atoms with E-state index >= 15 is 0 Å². The number of thioether (sulfide) groups is 1. The minimum Gasteiger partial charge on any atom is -0.330 e. The van der Waals surface area contributed by atoms with Crippen LogP contribution in [0.4, 0.5) is 0 Å². The summed E-state index contributed by atoms with van der Waals surface area (Å²) in [5.74, 6) is 0.715. The molecule has 0 spiro atoms. The Kier molecular flexibility index (Phi) is 4.73. The predicted molar refractivity (Wildman–Crippen MR) is 71.7 cm³/mol. The monoisotopic (exact) mass is 235 g/mol. The van der Waals surface area contributed by atoms with Crippen LogP contribution >= 0.6 is 11.8 Å². The molecule has 0 radical (unpaired) electrons. The Balaban J connectivity index is 2.00. The van der Waals surface area contributed by atoms with Crippen molar-refractivity contribution in [2.45, 2.75) is 42.2 Å². The van der Waals surface area contributed by atoms with Gasteiger partial charge in [-0.05, 0) is 37.4 Å². The largest absolute Gasteiger partial charge is 0.330 e. The van der Waals surface area contributed by atoms with E-state index in [0.717, 1.165) is 11.8 Å². The van der Waals surface area contributed by atoms with Gasteiger partial charge in [-0.15, -0.1) is 11.8 Å². The van der Waals surface area contributed by atoms with Crippen molar-refractivity contribution in [3.05, 3.63) is 30.3 Å². The summed E-state index contributed by atoms with van der Waals surface area (Å²) < 4.78 is 0. The molecule has 1 fully saturated rings. The third kappa shape index (κ3) is 3.26. The molecule has 16 heavy (non-hydrogen) atoms. The van der Waals surface area contributed by atoms with E-state index in [2.05, 4.69) is 30.3 Å². The molecule has 0 saturated heterocycles. The van der Waals surface area contributed by atoms with Crippen LogP contribution in [0.15, 0.2) is 35.2 Å². The van der Waals surface area contributed by atoms with Gasteiger partial charge in [0.1, 0.15) is 0 Å². The molecule has 1 nitrogen and oxygen atoms in total. The van der Waals surface area contributed by atoms with Crippen molar-refractivity contribution in [2.75, 3.05) is 6.54 Å². The second-order valence-corrected chi connectivity index (χ2v) is 5.92. The Bertz CT molecular complexity index is 299. The first kappa shape index (κ1) is 12.0. The Morgan fingerprint density at radius 3 is 2.56 bits per heavy atom. The molecule has 2 rings (SSSR count). The third-order valence-electron chi connectivity index (χ3n) is 3.42. The fraction of sp³-hybridized carbons (Fsp3) is 0.571. The van der Waals surface area contributed by atoms with Gasteiger partial charge in [0, 0.05) is 10.1 Å². The number of hydrogen-bond acceptors (Lipinski definition) is 2. The molecule has 2 heteroatoms. The van der Waals surface area contributed by atoms with E-state index in [-0.39, 0.29) is 0 Å². The minimum absolute atomic E-state index is 0.715. The molecule has 1 aromatic carbocycles. The van der Waals surface area contributed by atoms with Crippen LogP contribution in [0, 0.1) is 5.92 Å². The first-order valence-corrected chi connectivity index (χ1v) is 7.20. The standard InChI is InChI=1S/C14H21NS/c15-11-12-7-3-1-6-10-14(12)16-13-8-4-2-5-9-13/h2,4-5,8-9,12,14H,1,3,6-7,10-11,15H2. The van der Waals surface area contributed by atoms with Gasteiger partial charge in [0.05, 0.1) is 0 Å². The maximum absolute atomic E-state index is 5.90. The van der Waals surface area contributed by atoms with Gasteiger partial charge in [-0.2, -0.15) is 0 Å². The lowest BCUT2D eigenvalue weighted by Crippen LogP contribution is -2.24. The summed E-state index contributed by atoms with van der Waals surface area (Å²) in [6.07, 6.45) is 6.79. The Hall–Kier alpha value is -0.470. The SMILES string of the molecule is NCC1CCCCCC1Sc1ccccc1. The highest BCUT2D eigenvalue weighted by Crippen LogP contribution is 2.35. The van der Waals surface area contributed by atoms with Gasteiger partial charge in [-0.3, -0.25) is 0 Å². The quantitative estimate of drug-likeness (QED) is 0.809. The molecule has 1 aliphatic rings. The number of nitrogens with two attached hydrogens (primary N) is 1. The van der Waals surface area contributed by atoms with E-state index < -0.39 is 0 Å². The van der Waals surface area contributed by atoms with Crippen LogP contribution in [-0.4, -0.2) is 11.8 Å². The number of rotatable bonds is 3. The first-order chi connectivity index (χ1) is 7.90. The second-order valence-electron chi connectivity index (χ2n) is 4.60. The van der Waals surface area contributed by atoms with E-state index in [1.54, 1.807) is 0 Å². The molecule has 2 N–H and O–H groups in total. The highest BCUT2D eigenvalue weighted by Gasteiger charge is 2.23. The summed E-state index contributed by atoms with van der Waals surface area (Å²) in [5.41, 5.74) is 5.90. The first-order valence-electron chi connectivity index (χ1n) is 6.32. The van der Waals surface area contributed by atoms with Crippen molar-refractivity contribution in [1.29, 1.82) is 0 Å².